The molecule has 0 bridgehead atoms. The van der Waals surface area contributed by atoms with Crippen molar-refractivity contribution in [2.45, 2.75) is 63.9 Å². The molecule has 1 aromatic carbocycles. The number of benzene rings is 1. The Morgan fingerprint density at radius 1 is 1.10 bits per heavy atom. The molecule has 0 spiro atoms. The Labute approximate surface area is 127 Å². The monoisotopic (exact) mass is 286 g/mol. The first-order chi connectivity index (χ1) is 9.92. The minimum atomic E-state index is -0.488. The number of phenols is 1. The van der Waals surface area contributed by atoms with Gasteiger partial charge >= 0.3 is 0 Å². The third kappa shape index (κ3) is 1.75. The van der Waals surface area contributed by atoms with Crippen LogP contribution in [0.25, 0.3) is 0 Å². The minimum absolute atomic E-state index is 0.0998. The van der Waals surface area contributed by atoms with E-state index in [4.69, 9.17) is 0 Å². The molecule has 0 unspecified atom stereocenters. The molecule has 0 radical (unpaired) electrons. The summed E-state index contributed by atoms with van der Waals surface area (Å²) in [6, 6.07) is 5.96. The Balaban J connectivity index is 1.72. The Morgan fingerprint density at radius 2 is 1.90 bits per heavy atom. The van der Waals surface area contributed by atoms with E-state index in [0.29, 0.717) is 17.6 Å². The van der Waals surface area contributed by atoms with E-state index in [9.17, 15) is 10.2 Å². The predicted octanol–water partition coefficient (Wildman–Crippen LogP) is 4.00. The molecule has 2 fully saturated rings. The first-order valence-electron chi connectivity index (χ1n) is 8.46. The highest BCUT2D eigenvalue weighted by atomic mass is 16.3. The smallest absolute Gasteiger partial charge is 0.115 e. The molecule has 3 aliphatic rings. The number of phenolic OH excluding ortho intramolecular Hbond substituents is 1. The molecule has 0 amide bonds. The normalized spacial score (nSPS) is 44.8. The fourth-order valence-electron chi connectivity index (χ4n) is 5.81. The molecular formula is C19H26O2. The van der Waals surface area contributed by atoms with Gasteiger partial charge in [-0.25, -0.2) is 0 Å². The van der Waals surface area contributed by atoms with Gasteiger partial charge in [-0.3, -0.25) is 0 Å². The van der Waals surface area contributed by atoms with Crippen molar-refractivity contribution in [2.24, 2.45) is 17.3 Å². The lowest BCUT2D eigenvalue weighted by atomic mass is 9.53. The van der Waals surface area contributed by atoms with Gasteiger partial charge in [0, 0.05) is 0 Å². The molecule has 0 saturated heterocycles. The Kier molecular flexibility index (Phi) is 2.76. The Hall–Kier alpha value is -1.02. The molecule has 1 aromatic rings. The van der Waals surface area contributed by atoms with Crippen LogP contribution in [0.2, 0.25) is 0 Å². The van der Waals surface area contributed by atoms with Crippen molar-refractivity contribution in [3.63, 3.8) is 0 Å². The van der Waals surface area contributed by atoms with Gasteiger partial charge in [0.15, 0.2) is 0 Å². The maximum absolute atomic E-state index is 10.8. The number of hydrogen-bond acceptors (Lipinski definition) is 2. The van der Waals surface area contributed by atoms with E-state index in [-0.39, 0.29) is 5.41 Å². The fourth-order valence-corrected chi connectivity index (χ4v) is 5.81. The van der Waals surface area contributed by atoms with Crippen LogP contribution in [0, 0.1) is 17.3 Å². The largest absolute Gasteiger partial charge is 0.508 e. The van der Waals surface area contributed by atoms with Gasteiger partial charge in [0.1, 0.15) is 5.75 Å². The van der Waals surface area contributed by atoms with Gasteiger partial charge in [-0.15, -0.1) is 0 Å². The van der Waals surface area contributed by atoms with E-state index in [2.05, 4.69) is 19.9 Å². The van der Waals surface area contributed by atoms with Crippen molar-refractivity contribution >= 4 is 0 Å². The zero-order valence-corrected chi connectivity index (χ0v) is 13.1. The van der Waals surface area contributed by atoms with E-state index in [1.165, 1.54) is 30.4 Å². The second-order valence-electron chi connectivity index (χ2n) is 8.07. The lowest BCUT2D eigenvalue weighted by Gasteiger charge is -2.52. The molecule has 114 valence electrons. The summed E-state index contributed by atoms with van der Waals surface area (Å²) in [5.74, 6) is 2.42. The number of aliphatic hydroxyl groups is 1. The van der Waals surface area contributed by atoms with Crippen LogP contribution in [-0.4, -0.2) is 15.8 Å². The highest BCUT2D eigenvalue weighted by Gasteiger charge is 2.59. The van der Waals surface area contributed by atoms with Crippen molar-refractivity contribution in [1.29, 1.82) is 0 Å². The Morgan fingerprint density at radius 3 is 2.71 bits per heavy atom. The number of aryl methyl sites for hydroxylation is 1. The van der Waals surface area contributed by atoms with Crippen molar-refractivity contribution in [2.75, 3.05) is 0 Å². The maximum Gasteiger partial charge on any atom is 0.115 e. The third-order valence-electron chi connectivity index (χ3n) is 7.27. The third-order valence-corrected chi connectivity index (χ3v) is 7.27. The van der Waals surface area contributed by atoms with E-state index in [0.717, 1.165) is 25.2 Å². The van der Waals surface area contributed by atoms with Crippen LogP contribution in [0.4, 0.5) is 0 Å². The highest BCUT2D eigenvalue weighted by molar-refractivity contribution is 5.40. The second kappa shape index (κ2) is 4.25. The van der Waals surface area contributed by atoms with E-state index >= 15 is 0 Å². The average Bonchev–Trinajstić information content (AvgIpc) is 2.69. The predicted molar refractivity (Wildman–Crippen MR) is 83.3 cm³/mol. The molecule has 2 saturated carbocycles. The van der Waals surface area contributed by atoms with Crippen molar-refractivity contribution in [1.82, 2.24) is 0 Å². The average molecular weight is 286 g/mol. The van der Waals surface area contributed by atoms with Crippen LogP contribution >= 0.6 is 0 Å². The van der Waals surface area contributed by atoms with Crippen LogP contribution in [0.15, 0.2) is 18.2 Å². The maximum atomic E-state index is 10.8. The highest BCUT2D eigenvalue weighted by Crippen LogP contribution is 2.64. The number of fused-ring (bicyclic) bond motifs is 5. The van der Waals surface area contributed by atoms with Gasteiger partial charge < -0.3 is 10.2 Å². The first kappa shape index (κ1) is 13.6. The van der Waals surface area contributed by atoms with Crippen LogP contribution < -0.4 is 0 Å². The van der Waals surface area contributed by atoms with Gasteiger partial charge in [-0.1, -0.05) is 13.0 Å². The molecule has 3 aliphatic carbocycles. The molecule has 0 aromatic heterocycles. The SMILES string of the molecule is C[C@]12CC[C@H]3c4ccc(O)cc4CC[C@@H]3[C@@H]1CC[C@@]2(C)O. The number of hydrogen-bond donors (Lipinski definition) is 2. The zero-order chi connectivity index (χ0) is 14.8. The van der Waals surface area contributed by atoms with Crippen LogP contribution in [0.3, 0.4) is 0 Å². The number of rotatable bonds is 0. The topological polar surface area (TPSA) is 40.5 Å². The van der Waals surface area contributed by atoms with Crippen LogP contribution in [-0.2, 0) is 6.42 Å². The first-order valence-corrected chi connectivity index (χ1v) is 8.46. The molecule has 2 heteroatoms. The summed E-state index contributed by atoms with van der Waals surface area (Å²) in [4.78, 5) is 0. The Bertz CT molecular complexity index is 577. The summed E-state index contributed by atoms with van der Waals surface area (Å²) in [5.41, 5.74) is 2.43. The van der Waals surface area contributed by atoms with E-state index < -0.39 is 5.60 Å². The summed E-state index contributed by atoms with van der Waals surface area (Å²) < 4.78 is 0. The molecule has 4 rings (SSSR count). The van der Waals surface area contributed by atoms with Crippen LogP contribution in [0.5, 0.6) is 5.75 Å². The van der Waals surface area contributed by atoms with Gasteiger partial charge in [-0.2, -0.15) is 0 Å². The standard InChI is InChI=1S/C19H26O2/c1-18-9-7-15-14-6-4-13(20)11-12(14)3-5-16(15)17(18)8-10-19(18,2)21/h4,6,11,15-17,20-21H,3,5,7-10H2,1-2H3/t15-,16-,17-,18-,19+/m0/s1. The van der Waals surface area contributed by atoms with Gasteiger partial charge in [0.25, 0.3) is 0 Å². The zero-order valence-electron chi connectivity index (χ0n) is 13.1. The molecule has 2 nitrogen and oxygen atoms in total. The summed E-state index contributed by atoms with van der Waals surface area (Å²) in [5, 5.41) is 20.5. The molecule has 0 heterocycles. The van der Waals surface area contributed by atoms with Crippen LogP contribution in [0.1, 0.15) is 63.0 Å². The minimum Gasteiger partial charge on any atom is -0.508 e. The quantitative estimate of drug-likeness (QED) is 0.757. The van der Waals surface area contributed by atoms with E-state index in [1.807, 2.05) is 12.1 Å². The van der Waals surface area contributed by atoms with Gasteiger partial charge in [0.05, 0.1) is 5.60 Å². The molecule has 5 atom stereocenters. The molecule has 21 heavy (non-hydrogen) atoms. The lowest BCUT2D eigenvalue weighted by molar-refractivity contribution is -0.0901. The fraction of sp³-hybridized carbons (Fsp3) is 0.684. The van der Waals surface area contributed by atoms with Crippen molar-refractivity contribution in [3.8, 4) is 5.75 Å². The molecule has 2 N–H and O–H groups in total. The summed E-state index contributed by atoms with van der Waals surface area (Å²) in [6.07, 6.45) is 6.76. The summed E-state index contributed by atoms with van der Waals surface area (Å²) in [6.45, 7) is 4.38. The lowest BCUT2D eigenvalue weighted by Crippen LogP contribution is -2.49. The van der Waals surface area contributed by atoms with Crippen molar-refractivity contribution in [3.05, 3.63) is 29.3 Å². The van der Waals surface area contributed by atoms with Crippen molar-refractivity contribution < 1.29 is 10.2 Å². The summed E-state index contributed by atoms with van der Waals surface area (Å²) in [7, 11) is 0. The van der Waals surface area contributed by atoms with Gasteiger partial charge in [0.2, 0.25) is 0 Å². The molecule has 0 aliphatic heterocycles. The second-order valence-corrected chi connectivity index (χ2v) is 8.07. The number of aromatic hydroxyl groups is 1. The van der Waals surface area contributed by atoms with Gasteiger partial charge in [-0.05, 0) is 91.9 Å². The van der Waals surface area contributed by atoms with E-state index in [1.54, 1.807) is 0 Å². The summed E-state index contributed by atoms with van der Waals surface area (Å²) >= 11 is 0. The molecular weight excluding hydrogens is 260 g/mol.